The van der Waals surface area contributed by atoms with E-state index in [0.717, 1.165) is 17.0 Å². The first kappa shape index (κ1) is 18.9. The van der Waals surface area contributed by atoms with E-state index in [-0.39, 0.29) is 11.2 Å². The smallest absolute Gasteiger partial charge is 0.188 e. The Morgan fingerprint density at radius 2 is 1.54 bits per heavy atom. The van der Waals surface area contributed by atoms with E-state index in [1.165, 1.54) is 11.8 Å². The number of thioether (sulfide) groups is 1. The van der Waals surface area contributed by atoms with Crippen molar-refractivity contribution in [3.63, 3.8) is 0 Å². The van der Waals surface area contributed by atoms with Gasteiger partial charge in [0, 0.05) is 17.1 Å². The van der Waals surface area contributed by atoms with E-state index in [1.54, 1.807) is 12.1 Å². The summed E-state index contributed by atoms with van der Waals surface area (Å²) in [7, 11) is -3.29. The molecule has 4 nitrogen and oxygen atoms in total. The minimum absolute atomic E-state index is 0.0124. The molecule has 0 bridgehead atoms. The van der Waals surface area contributed by atoms with Gasteiger partial charge in [0.15, 0.2) is 15.0 Å². The zero-order chi connectivity index (χ0) is 18.0. The fourth-order valence-corrected chi connectivity index (χ4v) is 4.88. The maximum absolute atomic E-state index is 12.5. The van der Waals surface area contributed by atoms with Crippen LogP contribution in [0.5, 0.6) is 0 Å². The Bertz CT molecular complexity index is 788. The molecule has 0 aliphatic rings. The number of nitrogens with zero attached hydrogens (tertiary/aromatic N) is 2. The molecule has 0 saturated carbocycles. The van der Waals surface area contributed by atoms with Gasteiger partial charge in [-0.2, -0.15) is 0 Å². The third-order valence-corrected chi connectivity index (χ3v) is 6.46. The van der Waals surface area contributed by atoms with Crippen molar-refractivity contribution in [2.75, 3.05) is 11.5 Å². The third kappa shape index (κ3) is 5.05. The summed E-state index contributed by atoms with van der Waals surface area (Å²) in [6.07, 6.45) is 0. The lowest BCUT2D eigenvalue weighted by molar-refractivity contribution is 0.586. The second-order valence-corrected chi connectivity index (χ2v) is 10.0. The van der Waals surface area contributed by atoms with E-state index in [9.17, 15) is 8.42 Å². The van der Waals surface area contributed by atoms with Gasteiger partial charge in [0.2, 0.25) is 0 Å². The van der Waals surface area contributed by atoms with E-state index in [1.807, 2.05) is 32.0 Å². The summed E-state index contributed by atoms with van der Waals surface area (Å²) in [5.41, 5.74) is 2.93. The second kappa shape index (κ2) is 7.23. The van der Waals surface area contributed by atoms with Gasteiger partial charge in [0.1, 0.15) is 0 Å². The van der Waals surface area contributed by atoms with Crippen LogP contribution in [0.25, 0.3) is 0 Å². The Balaban J connectivity index is 2.03. The topological polar surface area (TPSA) is 59.9 Å². The van der Waals surface area contributed by atoms with Crippen LogP contribution in [0.2, 0.25) is 0 Å². The van der Waals surface area contributed by atoms with E-state index in [2.05, 4.69) is 30.7 Å². The fraction of sp³-hybridized carbons (Fsp3) is 0.444. The lowest BCUT2D eigenvalue weighted by Crippen LogP contribution is -2.13. The molecular formula is C18H24N2O2S2. The summed E-state index contributed by atoms with van der Waals surface area (Å²) in [5.74, 6) is 0.509. The van der Waals surface area contributed by atoms with Crippen LogP contribution in [0.4, 0.5) is 0 Å². The van der Waals surface area contributed by atoms with E-state index >= 15 is 0 Å². The molecule has 1 aromatic heterocycles. The van der Waals surface area contributed by atoms with Gasteiger partial charge >= 0.3 is 0 Å². The van der Waals surface area contributed by atoms with Gasteiger partial charge in [-0.3, -0.25) is 0 Å². The molecule has 0 unspecified atom stereocenters. The van der Waals surface area contributed by atoms with Crippen molar-refractivity contribution in [2.45, 2.75) is 50.1 Å². The SMILES string of the molecule is Cc1cc(C)nc(SCCS(=O)(=O)c2ccc(C(C)(C)C)cc2)n1. The minimum Gasteiger partial charge on any atom is -0.228 e. The Hall–Kier alpha value is -1.40. The number of benzene rings is 1. The van der Waals surface area contributed by atoms with Gasteiger partial charge in [-0.1, -0.05) is 44.7 Å². The number of hydrogen-bond donors (Lipinski definition) is 0. The molecule has 0 fully saturated rings. The molecule has 130 valence electrons. The summed E-state index contributed by atoms with van der Waals surface area (Å²) < 4.78 is 24.9. The van der Waals surface area contributed by atoms with E-state index in [4.69, 9.17) is 0 Å². The first-order valence-corrected chi connectivity index (χ1v) is 10.5. The predicted octanol–water partition coefficient (Wildman–Crippen LogP) is 3.96. The van der Waals surface area contributed by atoms with Crippen molar-refractivity contribution in [1.82, 2.24) is 9.97 Å². The average Bonchev–Trinajstić information content (AvgIpc) is 2.45. The summed E-state index contributed by atoms with van der Waals surface area (Å²) in [4.78, 5) is 9.02. The Kier molecular flexibility index (Phi) is 5.71. The highest BCUT2D eigenvalue weighted by Crippen LogP contribution is 2.24. The van der Waals surface area contributed by atoms with Crippen LogP contribution in [0.1, 0.15) is 37.7 Å². The van der Waals surface area contributed by atoms with Gasteiger partial charge in [0.25, 0.3) is 0 Å². The Morgan fingerprint density at radius 3 is 2.04 bits per heavy atom. The highest BCUT2D eigenvalue weighted by molar-refractivity contribution is 8.00. The number of sulfone groups is 1. The molecule has 0 aliphatic carbocycles. The maximum atomic E-state index is 12.5. The van der Waals surface area contributed by atoms with Gasteiger partial charge < -0.3 is 0 Å². The first-order valence-electron chi connectivity index (χ1n) is 7.86. The van der Waals surface area contributed by atoms with Crippen molar-refractivity contribution in [3.05, 3.63) is 47.3 Å². The molecule has 0 N–H and O–H groups in total. The number of aromatic nitrogens is 2. The van der Waals surface area contributed by atoms with Crippen molar-refractivity contribution >= 4 is 21.6 Å². The number of hydrogen-bond acceptors (Lipinski definition) is 5. The van der Waals surface area contributed by atoms with Crippen molar-refractivity contribution < 1.29 is 8.42 Å². The molecule has 2 rings (SSSR count). The van der Waals surface area contributed by atoms with Crippen molar-refractivity contribution in [1.29, 1.82) is 0 Å². The van der Waals surface area contributed by atoms with Crippen molar-refractivity contribution in [3.8, 4) is 0 Å². The van der Waals surface area contributed by atoms with Gasteiger partial charge in [-0.25, -0.2) is 18.4 Å². The molecule has 0 aliphatic heterocycles. The second-order valence-electron chi connectivity index (χ2n) is 6.87. The highest BCUT2D eigenvalue weighted by Gasteiger charge is 2.18. The quantitative estimate of drug-likeness (QED) is 0.594. The number of aryl methyl sites for hydroxylation is 2. The Morgan fingerprint density at radius 1 is 1.00 bits per heavy atom. The molecule has 2 aromatic rings. The fourth-order valence-electron chi connectivity index (χ4n) is 2.28. The maximum Gasteiger partial charge on any atom is 0.188 e. The lowest BCUT2D eigenvalue weighted by atomic mass is 9.87. The molecule has 0 saturated heterocycles. The number of rotatable bonds is 5. The summed E-state index contributed by atoms with van der Waals surface area (Å²) in [5, 5.41) is 0.630. The third-order valence-electron chi connectivity index (χ3n) is 3.62. The lowest BCUT2D eigenvalue weighted by Gasteiger charge is -2.19. The van der Waals surface area contributed by atoms with Gasteiger partial charge in [-0.15, -0.1) is 0 Å². The molecule has 1 aromatic carbocycles. The zero-order valence-electron chi connectivity index (χ0n) is 14.8. The molecule has 6 heteroatoms. The van der Waals surface area contributed by atoms with Crippen LogP contribution in [-0.2, 0) is 15.3 Å². The first-order chi connectivity index (χ1) is 11.1. The molecular weight excluding hydrogens is 340 g/mol. The van der Waals surface area contributed by atoms with Gasteiger partial charge in [0.05, 0.1) is 10.6 Å². The van der Waals surface area contributed by atoms with E-state index in [0.29, 0.717) is 15.8 Å². The van der Waals surface area contributed by atoms with Gasteiger partial charge in [-0.05, 0) is 43.0 Å². The molecule has 0 atom stereocenters. The summed E-state index contributed by atoms with van der Waals surface area (Å²) in [6.45, 7) is 10.1. The molecule has 0 spiro atoms. The average molecular weight is 365 g/mol. The molecule has 0 amide bonds. The van der Waals surface area contributed by atoms with Crippen LogP contribution in [0.3, 0.4) is 0 Å². The minimum atomic E-state index is -3.29. The molecule has 24 heavy (non-hydrogen) atoms. The van der Waals surface area contributed by atoms with Crippen molar-refractivity contribution in [2.24, 2.45) is 0 Å². The van der Waals surface area contributed by atoms with Crippen LogP contribution in [0, 0.1) is 13.8 Å². The van der Waals surface area contributed by atoms with E-state index < -0.39 is 9.84 Å². The monoisotopic (exact) mass is 364 g/mol. The standard InChI is InChI=1S/C18H24N2O2S2/c1-13-12-14(2)20-17(19-13)23-10-11-24(21,22)16-8-6-15(7-9-16)18(3,4)5/h6-9,12H,10-11H2,1-5H3. The highest BCUT2D eigenvalue weighted by atomic mass is 32.2. The summed E-state index contributed by atoms with van der Waals surface area (Å²) >= 11 is 1.38. The summed E-state index contributed by atoms with van der Waals surface area (Å²) in [6, 6.07) is 9.10. The van der Waals surface area contributed by atoms with Crippen LogP contribution in [-0.4, -0.2) is 29.9 Å². The predicted molar refractivity (Wildman–Crippen MR) is 99.4 cm³/mol. The molecule has 1 heterocycles. The largest absolute Gasteiger partial charge is 0.228 e. The molecule has 0 radical (unpaired) electrons. The Labute approximate surface area is 149 Å². The van der Waals surface area contributed by atoms with Crippen LogP contribution < -0.4 is 0 Å². The zero-order valence-corrected chi connectivity index (χ0v) is 16.5. The van der Waals surface area contributed by atoms with Crippen LogP contribution >= 0.6 is 11.8 Å². The van der Waals surface area contributed by atoms with Crippen LogP contribution in [0.15, 0.2) is 40.4 Å². The normalized spacial score (nSPS) is 12.4.